The average molecular weight is 605 g/mol. The summed E-state index contributed by atoms with van der Waals surface area (Å²) in [5.74, 6) is -0.166. The van der Waals surface area contributed by atoms with E-state index in [4.69, 9.17) is 23.2 Å². The number of nitrogens with zero attached hydrogens (tertiary/aromatic N) is 3. The number of carbonyl (C=O) groups excluding carboxylic acids is 1. The number of hydrogen-bond acceptors (Lipinski definition) is 2. The minimum Gasteiger partial charge on any atom is -0.348 e. The summed E-state index contributed by atoms with van der Waals surface area (Å²) in [4.78, 5) is 28.6. The van der Waals surface area contributed by atoms with Gasteiger partial charge >= 0.3 is 0 Å². The summed E-state index contributed by atoms with van der Waals surface area (Å²) >= 11 is 13.1. The third-order valence-corrected chi connectivity index (χ3v) is 8.71. The molecule has 1 aliphatic heterocycles. The SMILES string of the molecule is O=C1/C(=C\c2cccn2CCCCn2c3ccccc3c(=O)c3ccccc32)c2ccccc2N1c1c(Cl)cccc1Cl. The fourth-order valence-corrected chi connectivity index (χ4v) is 6.65. The summed E-state index contributed by atoms with van der Waals surface area (Å²) in [5.41, 5.74) is 5.62. The number of anilines is 2. The number of hydrogen-bond donors (Lipinski definition) is 0. The van der Waals surface area contributed by atoms with Crippen molar-refractivity contribution in [2.45, 2.75) is 25.9 Å². The molecule has 0 fully saturated rings. The highest BCUT2D eigenvalue weighted by Gasteiger charge is 2.35. The van der Waals surface area contributed by atoms with Crippen molar-refractivity contribution < 1.29 is 4.79 Å². The van der Waals surface area contributed by atoms with E-state index in [1.807, 2.05) is 97.2 Å². The van der Waals surface area contributed by atoms with Crippen LogP contribution in [0.2, 0.25) is 10.0 Å². The molecule has 1 aliphatic rings. The zero-order chi connectivity index (χ0) is 29.5. The molecular weight excluding hydrogens is 577 g/mol. The zero-order valence-corrected chi connectivity index (χ0v) is 24.7. The lowest BCUT2D eigenvalue weighted by molar-refractivity contribution is -0.112. The van der Waals surface area contributed by atoms with Crippen LogP contribution in [0, 0.1) is 0 Å². The Morgan fingerprint density at radius 1 is 0.651 bits per heavy atom. The third-order valence-electron chi connectivity index (χ3n) is 8.10. The van der Waals surface area contributed by atoms with Crippen molar-refractivity contribution in [3.8, 4) is 0 Å². The van der Waals surface area contributed by atoms with E-state index in [0.29, 0.717) is 21.3 Å². The molecule has 0 bridgehead atoms. The van der Waals surface area contributed by atoms with E-state index < -0.39 is 0 Å². The van der Waals surface area contributed by atoms with Crippen LogP contribution in [-0.2, 0) is 17.9 Å². The number of pyridine rings is 1. The third kappa shape index (κ3) is 4.75. The van der Waals surface area contributed by atoms with Crippen LogP contribution in [0.25, 0.3) is 33.5 Å². The van der Waals surface area contributed by atoms with Gasteiger partial charge in [-0.2, -0.15) is 0 Å². The van der Waals surface area contributed by atoms with Gasteiger partial charge in [-0.1, -0.05) is 71.7 Å². The first-order chi connectivity index (χ1) is 21.0. The van der Waals surface area contributed by atoms with Gasteiger partial charge in [0.1, 0.15) is 0 Å². The molecule has 4 aromatic carbocycles. The number of fused-ring (bicyclic) bond motifs is 3. The molecule has 0 aliphatic carbocycles. The van der Waals surface area contributed by atoms with Crippen molar-refractivity contribution in [2.75, 3.05) is 4.90 Å². The van der Waals surface area contributed by atoms with Crippen molar-refractivity contribution in [3.63, 3.8) is 0 Å². The lowest BCUT2D eigenvalue weighted by Gasteiger charge is -2.20. The summed E-state index contributed by atoms with van der Waals surface area (Å²) in [6, 6.07) is 32.6. The van der Waals surface area contributed by atoms with Gasteiger partial charge in [-0.25, -0.2) is 0 Å². The molecule has 0 N–H and O–H groups in total. The van der Waals surface area contributed by atoms with E-state index in [0.717, 1.165) is 64.7 Å². The van der Waals surface area contributed by atoms with E-state index in [9.17, 15) is 9.59 Å². The first-order valence-electron chi connectivity index (χ1n) is 14.3. The molecule has 6 aromatic rings. The molecule has 3 heterocycles. The van der Waals surface area contributed by atoms with Gasteiger partial charge in [0.05, 0.1) is 38.0 Å². The van der Waals surface area contributed by atoms with Crippen LogP contribution in [0.4, 0.5) is 11.4 Å². The maximum atomic E-state index is 13.9. The normalized spacial score (nSPS) is 13.9. The van der Waals surface area contributed by atoms with E-state index in [1.54, 1.807) is 23.1 Å². The maximum absolute atomic E-state index is 13.9. The molecule has 5 nitrogen and oxygen atoms in total. The van der Waals surface area contributed by atoms with Gasteiger partial charge in [0.15, 0.2) is 5.43 Å². The quantitative estimate of drug-likeness (QED) is 0.104. The first-order valence-corrected chi connectivity index (χ1v) is 15.0. The fraction of sp³-hybridized carbons (Fsp3) is 0.111. The van der Waals surface area contributed by atoms with Crippen molar-refractivity contribution in [2.24, 2.45) is 0 Å². The minimum absolute atomic E-state index is 0.0749. The molecule has 1 amide bonds. The summed E-state index contributed by atoms with van der Waals surface area (Å²) in [6.45, 7) is 1.58. The molecule has 0 saturated carbocycles. The Kier molecular flexibility index (Phi) is 7.13. The monoisotopic (exact) mass is 603 g/mol. The van der Waals surface area contributed by atoms with Crippen LogP contribution in [0.15, 0.2) is 114 Å². The van der Waals surface area contributed by atoms with Crippen LogP contribution in [0.3, 0.4) is 0 Å². The predicted molar refractivity (Wildman–Crippen MR) is 177 cm³/mol. The fourth-order valence-electron chi connectivity index (χ4n) is 6.09. The first kappa shape index (κ1) is 27.3. The molecule has 43 heavy (non-hydrogen) atoms. The number of aryl methyl sites for hydroxylation is 2. The van der Waals surface area contributed by atoms with Gasteiger partial charge in [-0.15, -0.1) is 0 Å². The molecule has 0 saturated heterocycles. The standard InChI is InChI=1S/C36H27Cl2N3O2/c37-29-15-9-16-30(38)34(29)41-33-19-6-1-12-25(33)28(36(41)43)23-24-11-10-21-39(24)20-7-8-22-40-31-17-4-2-13-26(31)35(42)27-14-3-5-18-32(27)40/h1-6,9-19,21,23H,7-8,20,22H2/b28-23-. The van der Waals surface area contributed by atoms with Crippen LogP contribution < -0.4 is 10.3 Å². The minimum atomic E-state index is -0.166. The Morgan fingerprint density at radius 2 is 1.28 bits per heavy atom. The van der Waals surface area contributed by atoms with E-state index in [1.165, 1.54) is 0 Å². The number of carbonyl (C=O) groups is 1. The lowest BCUT2D eigenvalue weighted by Crippen LogP contribution is -2.21. The Bertz CT molecular complexity index is 2050. The van der Waals surface area contributed by atoms with Gasteiger partial charge in [0, 0.05) is 41.3 Å². The zero-order valence-electron chi connectivity index (χ0n) is 23.2. The van der Waals surface area contributed by atoms with Crippen molar-refractivity contribution in [1.29, 1.82) is 0 Å². The molecule has 0 atom stereocenters. The second-order valence-corrected chi connectivity index (χ2v) is 11.4. The van der Waals surface area contributed by atoms with Crippen molar-refractivity contribution in [3.05, 3.63) is 141 Å². The second-order valence-electron chi connectivity index (χ2n) is 10.6. The highest BCUT2D eigenvalue weighted by atomic mass is 35.5. The Labute approximate surface area is 258 Å². The van der Waals surface area contributed by atoms with E-state index >= 15 is 0 Å². The van der Waals surface area contributed by atoms with Gasteiger partial charge in [0.25, 0.3) is 5.91 Å². The number of para-hydroxylation sites is 4. The molecule has 0 spiro atoms. The summed E-state index contributed by atoms with van der Waals surface area (Å²) in [6.07, 6.45) is 5.84. The maximum Gasteiger partial charge on any atom is 0.263 e. The number of amides is 1. The topological polar surface area (TPSA) is 47.2 Å². The van der Waals surface area contributed by atoms with Crippen LogP contribution >= 0.6 is 23.2 Å². The summed E-state index contributed by atoms with van der Waals surface area (Å²) in [5, 5.41) is 2.33. The highest BCUT2D eigenvalue weighted by Crippen LogP contribution is 2.46. The summed E-state index contributed by atoms with van der Waals surface area (Å²) in [7, 11) is 0. The van der Waals surface area contributed by atoms with Gasteiger partial charge < -0.3 is 9.13 Å². The number of halogens is 2. The molecule has 0 radical (unpaired) electrons. The van der Waals surface area contributed by atoms with Gasteiger partial charge in [0.2, 0.25) is 0 Å². The average Bonchev–Trinajstić information content (AvgIpc) is 3.58. The number of unbranched alkanes of at least 4 members (excludes halogenated alkanes) is 1. The summed E-state index contributed by atoms with van der Waals surface area (Å²) < 4.78 is 4.43. The van der Waals surface area contributed by atoms with Crippen LogP contribution in [0.5, 0.6) is 0 Å². The molecule has 2 aromatic heterocycles. The Morgan fingerprint density at radius 3 is 2.00 bits per heavy atom. The molecule has 212 valence electrons. The number of rotatable bonds is 7. The molecule has 7 rings (SSSR count). The number of aromatic nitrogens is 2. The molecule has 0 unspecified atom stereocenters. The smallest absolute Gasteiger partial charge is 0.263 e. The predicted octanol–water partition coefficient (Wildman–Crippen LogP) is 8.96. The largest absolute Gasteiger partial charge is 0.348 e. The van der Waals surface area contributed by atoms with Gasteiger partial charge in [-0.05, 0) is 73.5 Å². The molecule has 7 heteroatoms. The highest BCUT2D eigenvalue weighted by molar-refractivity contribution is 6.44. The van der Waals surface area contributed by atoms with E-state index in [-0.39, 0.29) is 11.3 Å². The van der Waals surface area contributed by atoms with Crippen molar-refractivity contribution >= 4 is 73.9 Å². The lowest BCUT2D eigenvalue weighted by atomic mass is 10.1. The Balaban J connectivity index is 1.14. The number of benzene rings is 4. The van der Waals surface area contributed by atoms with Gasteiger partial charge in [-0.3, -0.25) is 14.5 Å². The van der Waals surface area contributed by atoms with Crippen molar-refractivity contribution in [1.82, 2.24) is 9.13 Å². The Hall–Kier alpha value is -4.58. The van der Waals surface area contributed by atoms with Crippen LogP contribution in [0.1, 0.15) is 24.1 Å². The molecular formula is C36H27Cl2N3O2. The second kappa shape index (κ2) is 11.3. The van der Waals surface area contributed by atoms with Crippen LogP contribution in [-0.4, -0.2) is 15.0 Å². The van der Waals surface area contributed by atoms with E-state index in [2.05, 4.69) is 9.13 Å².